The van der Waals surface area contributed by atoms with Crippen LogP contribution in [0.15, 0.2) is 0 Å². The predicted molar refractivity (Wildman–Crippen MR) is 55.6 cm³/mol. The molecule has 0 rings (SSSR count). The van der Waals surface area contributed by atoms with E-state index in [1.807, 2.05) is 6.92 Å². The van der Waals surface area contributed by atoms with Crippen molar-refractivity contribution in [3.8, 4) is 0 Å². The highest BCUT2D eigenvalue weighted by molar-refractivity contribution is 4.62. The van der Waals surface area contributed by atoms with Crippen LogP contribution in [0.3, 0.4) is 0 Å². The van der Waals surface area contributed by atoms with Gasteiger partial charge in [-0.05, 0) is 32.5 Å². The summed E-state index contributed by atoms with van der Waals surface area (Å²) in [6.45, 7) is 3.42. The molecule has 0 aliphatic heterocycles. The molecule has 0 bridgehead atoms. The third kappa shape index (κ3) is 8.69. The van der Waals surface area contributed by atoms with Crippen molar-refractivity contribution in [2.45, 2.75) is 32.4 Å². The second-order valence-corrected chi connectivity index (χ2v) is 3.97. The van der Waals surface area contributed by atoms with Crippen molar-refractivity contribution >= 4 is 0 Å². The minimum Gasteiger partial charge on any atom is -0.330 e. The number of alkyl halides is 3. The van der Waals surface area contributed by atoms with Gasteiger partial charge in [-0.1, -0.05) is 13.3 Å². The van der Waals surface area contributed by atoms with E-state index >= 15 is 0 Å². The lowest BCUT2D eigenvalue weighted by Crippen LogP contribution is -2.27. The van der Waals surface area contributed by atoms with Crippen LogP contribution in [0.1, 0.15) is 26.2 Å². The molecule has 0 saturated heterocycles. The van der Waals surface area contributed by atoms with E-state index in [-0.39, 0.29) is 6.54 Å². The Bertz CT molecular complexity index is 155. The molecular formula is C10H21F3N2. The van der Waals surface area contributed by atoms with Gasteiger partial charge < -0.3 is 10.6 Å². The lowest BCUT2D eigenvalue weighted by Gasteiger charge is -2.20. The first-order valence-corrected chi connectivity index (χ1v) is 5.34. The van der Waals surface area contributed by atoms with Gasteiger partial charge in [-0.25, -0.2) is 0 Å². The Balaban J connectivity index is 3.61. The maximum atomic E-state index is 11.9. The summed E-state index contributed by atoms with van der Waals surface area (Å²) in [5.74, 6) is 0.429. The lowest BCUT2D eigenvalue weighted by molar-refractivity contribution is -0.137. The van der Waals surface area contributed by atoms with Gasteiger partial charge in [0.2, 0.25) is 0 Å². The summed E-state index contributed by atoms with van der Waals surface area (Å²) in [5, 5.41) is 0. The van der Waals surface area contributed by atoms with Crippen molar-refractivity contribution in [1.82, 2.24) is 4.90 Å². The molecule has 0 fully saturated rings. The summed E-state index contributed by atoms with van der Waals surface area (Å²) in [7, 11) is 1.72. The number of halogens is 3. The quantitative estimate of drug-likeness (QED) is 0.721. The molecule has 2 nitrogen and oxygen atoms in total. The number of hydrogen-bond acceptors (Lipinski definition) is 2. The van der Waals surface area contributed by atoms with Crippen molar-refractivity contribution in [2.75, 3.05) is 26.7 Å². The fourth-order valence-electron chi connectivity index (χ4n) is 1.32. The topological polar surface area (TPSA) is 29.3 Å². The van der Waals surface area contributed by atoms with Crippen LogP contribution >= 0.6 is 0 Å². The highest BCUT2D eigenvalue weighted by atomic mass is 19.4. The van der Waals surface area contributed by atoms with E-state index in [4.69, 9.17) is 5.73 Å². The molecule has 0 saturated carbocycles. The molecule has 0 aromatic heterocycles. The van der Waals surface area contributed by atoms with Crippen LogP contribution in [0.25, 0.3) is 0 Å². The number of hydrogen-bond donors (Lipinski definition) is 1. The second-order valence-electron chi connectivity index (χ2n) is 3.97. The van der Waals surface area contributed by atoms with E-state index in [1.165, 1.54) is 0 Å². The molecule has 15 heavy (non-hydrogen) atoms. The van der Waals surface area contributed by atoms with Crippen molar-refractivity contribution in [3.63, 3.8) is 0 Å². The molecule has 0 amide bonds. The maximum absolute atomic E-state index is 11.9. The highest BCUT2D eigenvalue weighted by Gasteiger charge is 2.26. The van der Waals surface area contributed by atoms with Gasteiger partial charge in [0.1, 0.15) is 0 Å². The van der Waals surface area contributed by atoms with Gasteiger partial charge in [-0.2, -0.15) is 13.2 Å². The lowest BCUT2D eigenvalue weighted by atomic mass is 10.0. The average molecular weight is 226 g/mol. The molecule has 1 unspecified atom stereocenters. The number of nitrogens with zero attached hydrogens (tertiary/aromatic N) is 1. The van der Waals surface area contributed by atoms with Crippen LogP contribution in [-0.2, 0) is 0 Å². The molecule has 0 aromatic carbocycles. The predicted octanol–water partition coefficient (Wildman–Crippen LogP) is 2.25. The zero-order valence-corrected chi connectivity index (χ0v) is 9.48. The zero-order valence-electron chi connectivity index (χ0n) is 9.48. The summed E-state index contributed by atoms with van der Waals surface area (Å²) in [6.07, 6.45) is -2.92. The Labute approximate surface area is 89.6 Å². The molecule has 0 spiro atoms. The van der Waals surface area contributed by atoms with E-state index in [9.17, 15) is 13.2 Å². The monoisotopic (exact) mass is 226 g/mol. The Hall–Kier alpha value is -0.290. The van der Waals surface area contributed by atoms with Crippen molar-refractivity contribution in [2.24, 2.45) is 11.7 Å². The second kappa shape index (κ2) is 7.06. The van der Waals surface area contributed by atoms with Gasteiger partial charge in [0.05, 0.1) is 6.42 Å². The summed E-state index contributed by atoms with van der Waals surface area (Å²) in [4.78, 5) is 1.71. The first-order chi connectivity index (χ1) is 6.89. The largest absolute Gasteiger partial charge is 0.390 e. The Morgan fingerprint density at radius 1 is 1.27 bits per heavy atom. The summed E-state index contributed by atoms with van der Waals surface area (Å²) in [6, 6.07) is 0. The van der Waals surface area contributed by atoms with Crippen LogP contribution < -0.4 is 5.73 Å². The van der Waals surface area contributed by atoms with Gasteiger partial charge in [-0.15, -0.1) is 0 Å². The molecule has 2 N–H and O–H groups in total. The van der Waals surface area contributed by atoms with Crippen molar-refractivity contribution < 1.29 is 13.2 Å². The first kappa shape index (κ1) is 14.7. The van der Waals surface area contributed by atoms with Crippen LogP contribution in [0.4, 0.5) is 13.2 Å². The maximum Gasteiger partial charge on any atom is 0.390 e. The summed E-state index contributed by atoms with van der Waals surface area (Å²) < 4.78 is 35.7. The van der Waals surface area contributed by atoms with Crippen LogP contribution in [0.2, 0.25) is 0 Å². The molecule has 1 atom stereocenters. The molecule has 5 heteroatoms. The van der Waals surface area contributed by atoms with E-state index in [1.54, 1.807) is 11.9 Å². The molecule has 92 valence electrons. The van der Waals surface area contributed by atoms with Gasteiger partial charge in [0.25, 0.3) is 0 Å². The fourth-order valence-corrected chi connectivity index (χ4v) is 1.32. The Kier molecular flexibility index (Phi) is 6.92. The van der Waals surface area contributed by atoms with Crippen LogP contribution in [0, 0.1) is 5.92 Å². The average Bonchev–Trinajstić information content (AvgIpc) is 2.15. The van der Waals surface area contributed by atoms with Crippen molar-refractivity contribution in [3.05, 3.63) is 0 Å². The minimum absolute atomic E-state index is 0.0739. The normalized spacial score (nSPS) is 14.6. The number of rotatable bonds is 7. The molecule has 0 aromatic rings. The SMILES string of the molecule is CCC(CN)CCN(C)CCC(F)(F)F. The zero-order chi connectivity index (χ0) is 11.9. The third-order valence-electron chi connectivity index (χ3n) is 2.61. The Morgan fingerprint density at radius 3 is 2.27 bits per heavy atom. The third-order valence-corrected chi connectivity index (χ3v) is 2.61. The molecular weight excluding hydrogens is 205 g/mol. The van der Waals surface area contributed by atoms with Gasteiger partial charge in [0, 0.05) is 6.54 Å². The van der Waals surface area contributed by atoms with Crippen LogP contribution in [0.5, 0.6) is 0 Å². The minimum atomic E-state index is -4.05. The fraction of sp³-hybridized carbons (Fsp3) is 1.00. The van der Waals surface area contributed by atoms with E-state index in [0.717, 1.165) is 12.8 Å². The first-order valence-electron chi connectivity index (χ1n) is 5.34. The van der Waals surface area contributed by atoms with Gasteiger partial charge in [0.15, 0.2) is 0 Å². The Morgan fingerprint density at radius 2 is 1.87 bits per heavy atom. The highest BCUT2D eigenvalue weighted by Crippen LogP contribution is 2.19. The van der Waals surface area contributed by atoms with E-state index < -0.39 is 12.6 Å². The smallest absolute Gasteiger partial charge is 0.330 e. The standard InChI is InChI=1S/C10H21F3N2/c1-3-9(8-14)4-6-15(2)7-5-10(11,12)13/h9H,3-8,14H2,1-2H3. The molecule has 0 heterocycles. The molecule has 0 radical (unpaired) electrons. The van der Waals surface area contributed by atoms with Crippen LogP contribution in [-0.4, -0.2) is 37.8 Å². The van der Waals surface area contributed by atoms with E-state index in [0.29, 0.717) is 19.0 Å². The molecule has 0 aliphatic rings. The number of nitrogens with two attached hydrogens (primary N) is 1. The molecule has 0 aliphatic carbocycles. The van der Waals surface area contributed by atoms with Crippen molar-refractivity contribution in [1.29, 1.82) is 0 Å². The van der Waals surface area contributed by atoms with Gasteiger partial charge in [-0.3, -0.25) is 0 Å². The summed E-state index contributed by atoms with van der Waals surface area (Å²) >= 11 is 0. The van der Waals surface area contributed by atoms with E-state index in [2.05, 4.69) is 0 Å². The summed E-state index contributed by atoms with van der Waals surface area (Å²) in [5.41, 5.74) is 5.51. The van der Waals surface area contributed by atoms with Gasteiger partial charge >= 0.3 is 6.18 Å².